The SMILES string of the molecule is Cc1occc1C(=O)NCCC1CCCNC1.Cl. The molecule has 18 heavy (non-hydrogen) atoms. The van der Waals surface area contributed by atoms with E-state index in [0.29, 0.717) is 17.2 Å². The number of hydrogen-bond donors (Lipinski definition) is 2. The van der Waals surface area contributed by atoms with Gasteiger partial charge < -0.3 is 15.1 Å². The molecular formula is C13H21ClN2O2. The van der Waals surface area contributed by atoms with E-state index in [-0.39, 0.29) is 18.3 Å². The van der Waals surface area contributed by atoms with E-state index in [2.05, 4.69) is 10.6 Å². The van der Waals surface area contributed by atoms with E-state index in [1.807, 2.05) is 0 Å². The lowest BCUT2D eigenvalue weighted by atomic mass is 9.96. The first kappa shape index (κ1) is 15.1. The Balaban J connectivity index is 0.00000162. The van der Waals surface area contributed by atoms with Crippen LogP contribution >= 0.6 is 12.4 Å². The minimum Gasteiger partial charge on any atom is -0.469 e. The first-order valence-electron chi connectivity index (χ1n) is 6.30. The van der Waals surface area contributed by atoms with Gasteiger partial charge in [-0.3, -0.25) is 4.79 Å². The first-order chi connectivity index (χ1) is 8.27. The summed E-state index contributed by atoms with van der Waals surface area (Å²) in [6.07, 6.45) is 5.12. The van der Waals surface area contributed by atoms with E-state index >= 15 is 0 Å². The predicted octanol–water partition coefficient (Wildman–Crippen LogP) is 2.13. The van der Waals surface area contributed by atoms with Crippen molar-refractivity contribution in [3.63, 3.8) is 0 Å². The van der Waals surface area contributed by atoms with Crippen molar-refractivity contribution in [3.05, 3.63) is 23.7 Å². The molecule has 102 valence electrons. The number of carbonyl (C=O) groups excluding carboxylic acids is 1. The molecule has 1 aromatic heterocycles. The predicted molar refractivity (Wildman–Crippen MR) is 73.2 cm³/mol. The second kappa shape index (κ2) is 7.44. The van der Waals surface area contributed by atoms with Gasteiger partial charge in [0.05, 0.1) is 11.8 Å². The number of amides is 1. The van der Waals surface area contributed by atoms with Gasteiger partial charge in [0.2, 0.25) is 0 Å². The second-order valence-corrected chi connectivity index (χ2v) is 4.65. The summed E-state index contributed by atoms with van der Waals surface area (Å²) in [5.74, 6) is 1.36. The van der Waals surface area contributed by atoms with Gasteiger partial charge in [-0.05, 0) is 51.3 Å². The molecule has 2 N–H and O–H groups in total. The lowest BCUT2D eigenvalue weighted by molar-refractivity contribution is 0.0949. The molecule has 1 amide bonds. The number of rotatable bonds is 4. The lowest BCUT2D eigenvalue weighted by Crippen LogP contribution is -2.33. The Morgan fingerprint density at radius 3 is 3.06 bits per heavy atom. The Bertz CT molecular complexity index is 373. The molecular weight excluding hydrogens is 252 g/mol. The maximum absolute atomic E-state index is 11.8. The Labute approximate surface area is 114 Å². The fraction of sp³-hybridized carbons (Fsp3) is 0.615. The van der Waals surface area contributed by atoms with Gasteiger partial charge in [-0.15, -0.1) is 12.4 Å². The van der Waals surface area contributed by atoms with Gasteiger partial charge >= 0.3 is 0 Å². The smallest absolute Gasteiger partial charge is 0.254 e. The molecule has 1 saturated heterocycles. The highest BCUT2D eigenvalue weighted by molar-refractivity contribution is 5.94. The summed E-state index contributed by atoms with van der Waals surface area (Å²) in [6, 6.07) is 1.72. The number of hydrogen-bond acceptors (Lipinski definition) is 3. The molecule has 0 aromatic carbocycles. The lowest BCUT2D eigenvalue weighted by Gasteiger charge is -2.22. The number of aryl methyl sites for hydroxylation is 1. The Hall–Kier alpha value is -1.00. The Morgan fingerprint density at radius 2 is 2.44 bits per heavy atom. The fourth-order valence-electron chi connectivity index (χ4n) is 2.28. The van der Waals surface area contributed by atoms with Crippen molar-refractivity contribution in [2.75, 3.05) is 19.6 Å². The maximum Gasteiger partial charge on any atom is 0.254 e. The molecule has 1 atom stereocenters. The first-order valence-corrected chi connectivity index (χ1v) is 6.30. The summed E-state index contributed by atoms with van der Waals surface area (Å²) in [5.41, 5.74) is 0.645. The Kier molecular flexibility index (Phi) is 6.22. The van der Waals surface area contributed by atoms with Crippen molar-refractivity contribution < 1.29 is 9.21 Å². The molecule has 1 aliphatic heterocycles. The zero-order valence-corrected chi connectivity index (χ0v) is 11.5. The van der Waals surface area contributed by atoms with Crippen molar-refractivity contribution in [1.29, 1.82) is 0 Å². The van der Waals surface area contributed by atoms with Gasteiger partial charge in [-0.2, -0.15) is 0 Å². The van der Waals surface area contributed by atoms with Crippen molar-refractivity contribution in [2.45, 2.75) is 26.2 Å². The largest absolute Gasteiger partial charge is 0.469 e. The van der Waals surface area contributed by atoms with Crippen LogP contribution in [0.1, 0.15) is 35.4 Å². The third kappa shape index (κ3) is 4.03. The molecule has 2 rings (SSSR count). The van der Waals surface area contributed by atoms with E-state index in [1.165, 1.54) is 12.8 Å². The van der Waals surface area contributed by atoms with E-state index in [0.717, 1.165) is 26.1 Å². The maximum atomic E-state index is 11.8. The number of piperidine rings is 1. The van der Waals surface area contributed by atoms with Crippen LogP contribution in [0.15, 0.2) is 16.7 Å². The molecule has 0 saturated carbocycles. The van der Waals surface area contributed by atoms with Crippen LogP contribution in [0.25, 0.3) is 0 Å². The van der Waals surface area contributed by atoms with Crippen LogP contribution in [0.4, 0.5) is 0 Å². The van der Waals surface area contributed by atoms with Gasteiger partial charge in [-0.25, -0.2) is 0 Å². The summed E-state index contributed by atoms with van der Waals surface area (Å²) in [7, 11) is 0. The van der Waals surface area contributed by atoms with Crippen LogP contribution in [0, 0.1) is 12.8 Å². The molecule has 0 bridgehead atoms. The fourth-order valence-corrected chi connectivity index (χ4v) is 2.28. The van der Waals surface area contributed by atoms with Gasteiger partial charge in [0, 0.05) is 6.54 Å². The third-order valence-corrected chi connectivity index (χ3v) is 3.34. The van der Waals surface area contributed by atoms with E-state index < -0.39 is 0 Å². The van der Waals surface area contributed by atoms with Crippen LogP contribution in [0.3, 0.4) is 0 Å². The van der Waals surface area contributed by atoms with Crippen LogP contribution < -0.4 is 10.6 Å². The number of carbonyl (C=O) groups is 1. The summed E-state index contributed by atoms with van der Waals surface area (Å²) < 4.78 is 5.11. The average molecular weight is 273 g/mol. The summed E-state index contributed by atoms with van der Waals surface area (Å²) in [4.78, 5) is 11.8. The van der Waals surface area contributed by atoms with Crippen LogP contribution in [0.2, 0.25) is 0 Å². The number of halogens is 1. The van der Waals surface area contributed by atoms with Crippen molar-refractivity contribution in [3.8, 4) is 0 Å². The molecule has 4 nitrogen and oxygen atoms in total. The zero-order chi connectivity index (χ0) is 12.1. The molecule has 1 fully saturated rings. The second-order valence-electron chi connectivity index (χ2n) is 4.65. The third-order valence-electron chi connectivity index (χ3n) is 3.34. The average Bonchev–Trinajstić information content (AvgIpc) is 2.77. The van der Waals surface area contributed by atoms with Gasteiger partial charge in [0.25, 0.3) is 5.91 Å². The van der Waals surface area contributed by atoms with E-state index in [1.54, 1.807) is 19.3 Å². The number of nitrogens with one attached hydrogen (secondary N) is 2. The highest BCUT2D eigenvalue weighted by atomic mass is 35.5. The highest BCUT2D eigenvalue weighted by Gasteiger charge is 2.14. The van der Waals surface area contributed by atoms with Crippen molar-refractivity contribution in [1.82, 2.24) is 10.6 Å². The molecule has 1 unspecified atom stereocenters. The monoisotopic (exact) mass is 272 g/mol. The van der Waals surface area contributed by atoms with E-state index in [9.17, 15) is 4.79 Å². The molecule has 0 aliphatic carbocycles. The van der Waals surface area contributed by atoms with Crippen LogP contribution in [0.5, 0.6) is 0 Å². The minimum atomic E-state index is -0.0278. The number of furan rings is 1. The molecule has 2 heterocycles. The standard InChI is InChI=1S/C13H20N2O2.ClH/c1-10-12(5-8-17-10)13(16)15-7-4-11-3-2-6-14-9-11;/h5,8,11,14H,2-4,6-7,9H2,1H3,(H,15,16);1H. The normalized spacial score (nSPS) is 19.1. The quantitative estimate of drug-likeness (QED) is 0.883. The van der Waals surface area contributed by atoms with E-state index in [4.69, 9.17) is 4.42 Å². The van der Waals surface area contributed by atoms with Crippen molar-refractivity contribution >= 4 is 18.3 Å². The van der Waals surface area contributed by atoms with Crippen LogP contribution in [-0.2, 0) is 0 Å². The topological polar surface area (TPSA) is 54.3 Å². The summed E-state index contributed by atoms with van der Waals surface area (Å²) in [6.45, 7) is 4.77. The van der Waals surface area contributed by atoms with Gasteiger partial charge in [0.1, 0.15) is 5.76 Å². The summed E-state index contributed by atoms with van der Waals surface area (Å²) in [5, 5.41) is 6.33. The minimum absolute atomic E-state index is 0. The van der Waals surface area contributed by atoms with Gasteiger partial charge in [0.15, 0.2) is 0 Å². The van der Waals surface area contributed by atoms with Crippen molar-refractivity contribution in [2.24, 2.45) is 5.92 Å². The Morgan fingerprint density at radius 1 is 1.61 bits per heavy atom. The van der Waals surface area contributed by atoms with Crippen LogP contribution in [-0.4, -0.2) is 25.5 Å². The molecule has 0 spiro atoms. The molecule has 1 aromatic rings. The highest BCUT2D eigenvalue weighted by Crippen LogP contribution is 2.13. The van der Waals surface area contributed by atoms with Gasteiger partial charge in [-0.1, -0.05) is 0 Å². The molecule has 0 radical (unpaired) electrons. The summed E-state index contributed by atoms with van der Waals surface area (Å²) >= 11 is 0. The zero-order valence-electron chi connectivity index (χ0n) is 10.7. The molecule has 5 heteroatoms. The molecule has 1 aliphatic rings.